The lowest BCUT2D eigenvalue weighted by Gasteiger charge is -1.94. The molecule has 0 radical (unpaired) electrons. The van der Waals surface area contributed by atoms with Crippen LogP contribution in [0.1, 0.15) is 11.1 Å². The van der Waals surface area contributed by atoms with Gasteiger partial charge in [0.1, 0.15) is 0 Å². The first kappa shape index (κ1) is 6.74. The Kier molecular flexibility index (Phi) is 2.22. The molecule has 0 fully saturated rings. The molecule has 2 nitrogen and oxygen atoms in total. The van der Waals surface area contributed by atoms with Gasteiger partial charge >= 0.3 is 0 Å². The molecule has 0 unspecified atom stereocenters. The van der Waals surface area contributed by atoms with Gasteiger partial charge in [-0.3, -0.25) is 11.3 Å². The monoisotopic (exact) mass is 142 g/mol. The predicted octanol–water partition coefficient (Wildman–Crippen LogP) is 1.02. The van der Waals surface area contributed by atoms with Crippen molar-refractivity contribution >= 4 is 11.3 Å². The summed E-state index contributed by atoms with van der Waals surface area (Å²) in [6.45, 7) is 2.86. The maximum Gasteiger partial charge on any atom is 0.0359 e. The standard InChI is InChI=1S/C6H10N2S/c1-5-3-9-4-6(5)2-8-7/h3-4,8H,2,7H2,1H3. The van der Waals surface area contributed by atoms with Crippen LogP contribution in [0.25, 0.3) is 0 Å². The number of nitrogens with two attached hydrogens (primary N) is 1. The first-order chi connectivity index (χ1) is 4.34. The van der Waals surface area contributed by atoms with Crippen LogP contribution in [-0.4, -0.2) is 0 Å². The van der Waals surface area contributed by atoms with E-state index in [-0.39, 0.29) is 0 Å². The van der Waals surface area contributed by atoms with Gasteiger partial charge in [0, 0.05) is 6.54 Å². The van der Waals surface area contributed by atoms with E-state index in [4.69, 9.17) is 5.84 Å². The van der Waals surface area contributed by atoms with Gasteiger partial charge in [-0.15, -0.1) is 0 Å². The van der Waals surface area contributed by atoms with E-state index < -0.39 is 0 Å². The van der Waals surface area contributed by atoms with E-state index in [0.717, 1.165) is 6.54 Å². The minimum absolute atomic E-state index is 0.773. The van der Waals surface area contributed by atoms with E-state index >= 15 is 0 Å². The van der Waals surface area contributed by atoms with E-state index in [1.165, 1.54) is 11.1 Å². The largest absolute Gasteiger partial charge is 0.271 e. The molecule has 1 aromatic rings. The van der Waals surface area contributed by atoms with Crippen LogP contribution in [0.15, 0.2) is 10.8 Å². The van der Waals surface area contributed by atoms with Gasteiger partial charge in [-0.2, -0.15) is 11.3 Å². The Morgan fingerprint density at radius 2 is 2.44 bits per heavy atom. The maximum absolute atomic E-state index is 5.14. The number of aryl methyl sites for hydroxylation is 1. The fourth-order valence-electron chi connectivity index (χ4n) is 0.678. The van der Waals surface area contributed by atoms with Gasteiger partial charge in [0.25, 0.3) is 0 Å². The molecule has 0 saturated heterocycles. The van der Waals surface area contributed by atoms with Crippen LogP contribution in [0.5, 0.6) is 0 Å². The third kappa shape index (κ3) is 1.51. The summed E-state index contributed by atoms with van der Waals surface area (Å²) in [5.41, 5.74) is 5.23. The van der Waals surface area contributed by atoms with Crippen molar-refractivity contribution in [2.45, 2.75) is 13.5 Å². The first-order valence-corrected chi connectivity index (χ1v) is 3.74. The predicted molar refractivity (Wildman–Crippen MR) is 40.1 cm³/mol. The highest BCUT2D eigenvalue weighted by Crippen LogP contribution is 2.12. The smallest absolute Gasteiger partial charge is 0.0359 e. The minimum atomic E-state index is 0.773. The number of hydrogen-bond donors (Lipinski definition) is 2. The van der Waals surface area contributed by atoms with Crippen LogP contribution in [0.3, 0.4) is 0 Å². The molecule has 3 N–H and O–H groups in total. The van der Waals surface area contributed by atoms with Gasteiger partial charge in [0.2, 0.25) is 0 Å². The molecular weight excluding hydrogens is 132 g/mol. The average Bonchev–Trinajstić information content (AvgIpc) is 2.18. The fraction of sp³-hybridized carbons (Fsp3) is 0.333. The quantitative estimate of drug-likeness (QED) is 0.478. The van der Waals surface area contributed by atoms with Gasteiger partial charge in [0.05, 0.1) is 0 Å². The summed E-state index contributed by atoms with van der Waals surface area (Å²) < 4.78 is 0. The van der Waals surface area contributed by atoms with Crippen molar-refractivity contribution < 1.29 is 0 Å². The molecule has 0 aromatic carbocycles. The molecule has 1 aromatic heterocycles. The van der Waals surface area contributed by atoms with Crippen LogP contribution < -0.4 is 11.3 Å². The highest BCUT2D eigenvalue weighted by Gasteiger charge is 1.94. The van der Waals surface area contributed by atoms with Crippen molar-refractivity contribution in [1.29, 1.82) is 0 Å². The van der Waals surface area contributed by atoms with Crippen LogP contribution in [-0.2, 0) is 6.54 Å². The molecule has 50 valence electrons. The normalized spacial score (nSPS) is 10.0. The number of hydrazine groups is 1. The summed E-state index contributed by atoms with van der Waals surface area (Å²) in [7, 11) is 0. The van der Waals surface area contributed by atoms with E-state index in [1.807, 2.05) is 0 Å². The Balaban J connectivity index is 2.69. The van der Waals surface area contributed by atoms with Gasteiger partial charge in [-0.05, 0) is 28.8 Å². The van der Waals surface area contributed by atoms with Crippen molar-refractivity contribution in [3.63, 3.8) is 0 Å². The van der Waals surface area contributed by atoms with Gasteiger partial charge < -0.3 is 0 Å². The summed E-state index contributed by atoms with van der Waals surface area (Å²) in [6, 6.07) is 0. The maximum atomic E-state index is 5.14. The Labute approximate surface area is 58.7 Å². The average molecular weight is 142 g/mol. The highest BCUT2D eigenvalue weighted by atomic mass is 32.1. The molecular formula is C6H10N2S. The van der Waals surface area contributed by atoms with E-state index in [2.05, 4.69) is 23.1 Å². The van der Waals surface area contributed by atoms with E-state index in [0.29, 0.717) is 0 Å². The second kappa shape index (κ2) is 2.96. The van der Waals surface area contributed by atoms with Crippen molar-refractivity contribution in [1.82, 2.24) is 5.43 Å². The molecule has 1 rings (SSSR count). The minimum Gasteiger partial charge on any atom is -0.271 e. The van der Waals surface area contributed by atoms with E-state index in [1.54, 1.807) is 11.3 Å². The molecule has 9 heavy (non-hydrogen) atoms. The van der Waals surface area contributed by atoms with E-state index in [9.17, 15) is 0 Å². The molecule has 0 bridgehead atoms. The molecule has 0 spiro atoms. The van der Waals surface area contributed by atoms with Crippen molar-refractivity contribution in [3.8, 4) is 0 Å². The molecule has 0 saturated carbocycles. The molecule has 0 aliphatic carbocycles. The second-order valence-corrected chi connectivity index (χ2v) is 2.70. The van der Waals surface area contributed by atoms with Crippen LogP contribution in [0.2, 0.25) is 0 Å². The second-order valence-electron chi connectivity index (χ2n) is 1.96. The summed E-state index contributed by atoms with van der Waals surface area (Å²) in [5, 5.41) is 4.22. The zero-order valence-electron chi connectivity index (χ0n) is 5.35. The van der Waals surface area contributed by atoms with Gasteiger partial charge in [-0.25, -0.2) is 0 Å². The Morgan fingerprint density at radius 1 is 1.67 bits per heavy atom. The molecule has 0 amide bonds. The summed E-state index contributed by atoms with van der Waals surface area (Å²) in [6.07, 6.45) is 0. The summed E-state index contributed by atoms with van der Waals surface area (Å²) in [5.74, 6) is 5.14. The zero-order chi connectivity index (χ0) is 6.69. The topological polar surface area (TPSA) is 38.0 Å². The molecule has 0 aliphatic rings. The summed E-state index contributed by atoms with van der Waals surface area (Å²) in [4.78, 5) is 0. The molecule has 1 heterocycles. The summed E-state index contributed by atoms with van der Waals surface area (Å²) >= 11 is 1.71. The van der Waals surface area contributed by atoms with Crippen molar-refractivity contribution in [2.75, 3.05) is 0 Å². The third-order valence-corrected chi connectivity index (χ3v) is 2.16. The number of nitrogens with one attached hydrogen (secondary N) is 1. The van der Waals surface area contributed by atoms with Crippen LogP contribution in [0, 0.1) is 6.92 Å². The fourth-order valence-corrected chi connectivity index (χ4v) is 1.53. The SMILES string of the molecule is Cc1cscc1CNN. The molecule has 3 heteroatoms. The van der Waals surface area contributed by atoms with Gasteiger partial charge in [0.15, 0.2) is 0 Å². The van der Waals surface area contributed by atoms with Crippen LogP contribution in [0.4, 0.5) is 0 Å². The highest BCUT2D eigenvalue weighted by molar-refractivity contribution is 7.08. The zero-order valence-corrected chi connectivity index (χ0v) is 6.16. The Hall–Kier alpha value is -0.380. The third-order valence-electron chi connectivity index (χ3n) is 1.25. The lowest BCUT2D eigenvalue weighted by Crippen LogP contribution is -2.20. The Bertz CT molecular complexity index is 183. The molecule has 0 atom stereocenters. The lowest BCUT2D eigenvalue weighted by molar-refractivity contribution is 0.740. The Morgan fingerprint density at radius 3 is 2.89 bits per heavy atom. The molecule has 0 aliphatic heterocycles. The first-order valence-electron chi connectivity index (χ1n) is 2.79. The lowest BCUT2D eigenvalue weighted by atomic mass is 10.2. The van der Waals surface area contributed by atoms with Crippen molar-refractivity contribution in [3.05, 3.63) is 21.9 Å². The van der Waals surface area contributed by atoms with Crippen molar-refractivity contribution in [2.24, 2.45) is 5.84 Å². The number of thiophene rings is 1. The number of rotatable bonds is 2. The van der Waals surface area contributed by atoms with Crippen LogP contribution >= 0.6 is 11.3 Å². The number of hydrogen-bond acceptors (Lipinski definition) is 3. The van der Waals surface area contributed by atoms with Gasteiger partial charge in [-0.1, -0.05) is 0 Å².